The zero-order valence-corrected chi connectivity index (χ0v) is 16.6. The quantitative estimate of drug-likeness (QED) is 0.400. The van der Waals surface area contributed by atoms with E-state index in [1.165, 1.54) is 0 Å². The van der Waals surface area contributed by atoms with Gasteiger partial charge in [0.25, 0.3) is 5.91 Å². The standard InChI is InChI=1S/C25H19N3O3/c29-25(28-26-16-17-10-11-23-24(14-17)31-13-12-30-23)20-15-22(18-6-2-1-3-7-18)27-21-9-5-4-8-19(20)21/h1-11,14-16H,12-13H2,(H,28,29)/b26-16-. The van der Waals surface area contributed by atoms with Gasteiger partial charge in [-0.2, -0.15) is 5.10 Å². The molecule has 0 fully saturated rings. The molecule has 0 spiro atoms. The molecule has 0 unspecified atom stereocenters. The Morgan fingerprint density at radius 2 is 1.68 bits per heavy atom. The highest BCUT2D eigenvalue weighted by molar-refractivity contribution is 6.07. The number of ether oxygens (including phenoxy) is 2. The molecule has 1 aromatic heterocycles. The van der Waals surface area contributed by atoms with Crippen molar-refractivity contribution in [2.45, 2.75) is 0 Å². The number of pyridine rings is 1. The number of aromatic nitrogens is 1. The molecule has 0 atom stereocenters. The van der Waals surface area contributed by atoms with Crippen LogP contribution in [-0.4, -0.2) is 30.3 Å². The number of nitrogens with zero attached hydrogens (tertiary/aromatic N) is 2. The Labute approximate surface area is 179 Å². The average Bonchev–Trinajstić information content (AvgIpc) is 2.83. The minimum absolute atomic E-state index is 0.301. The van der Waals surface area contributed by atoms with Crippen molar-refractivity contribution < 1.29 is 14.3 Å². The summed E-state index contributed by atoms with van der Waals surface area (Å²) in [5, 5.41) is 4.91. The number of hydrazone groups is 1. The van der Waals surface area contributed by atoms with Crippen molar-refractivity contribution in [3.8, 4) is 22.8 Å². The molecule has 0 aliphatic carbocycles. The van der Waals surface area contributed by atoms with Crippen LogP contribution in [0.2, 0.25) is 0 Å². The molecule has 3 aromatic carbocycles. The molecule has 6 heteroatoms. The zero-order valence-electron chi connectivity index (χ0n) is 16.6. The number of rotatable bonds is 4. The molecule has 1 amide bonds. The molecule has 2 heterocycles. The van der Waals surface area contributed by atoms with E-state index in [-0.39, 0.29) is 5.91 Å². The van der Waals surface area contributed by atoms with E-state index in [0.717, 1.165) is 27.7 Å². The molecular formula is C25H19N3O3. The first-order chi connectivity index (χ1) is 15.3. The highest BCUT2D eigenvalue weighted by Gasteiger charge is 2.14. The summed E-state index contributed by atoms with van der Waals surface area (Å²) in [7, 11) is 0. The predicted octanol–water partition coefficient (Wildman–Crippen LogP) is 4.44. The molecule has 152 valence electrons. The van der Waals surface area contributed by atoms with E-state index in [2.05, 4.69) is 10.5 Å². The number of hydrogen-bond acceptors (Lipinski definition) is 5. The summed E-state index contributed by atoms with van der Waals surface area (Å²) in [6, 6.07) is 24.7. The molecule has 0 saturated heterocycles. The first-order valence-electron chi connectivity index (χ1n) is 9.96. The lowest BCUT2D eigenvalue weighted by molar-refractivity contribution is 0.0956. The second kappa shape index (κ2) is 8.28. The van der Waals surface area contributed by atoms with Gasteiger partial charge in [-0.05, 0) is 35.9 Å². The van der Waals surface area contributed by atoms with Crippen molar-refractivity contribution in [1.29, 1.82) is 0 Å². The van der Waals surface area contributed by atoms with Crippen LogP contribution in [0, 0.1) is 0 Å². The molecule has 6 nitrogen and oxygen atoms in total. The van der Waals surface area contributed by atoms with Crippen molar-refractivity contribution in [2.24, 2.45) is 5.10 Å². The summed E-state index contributed by atoms with van der Waals surface area (Å²) in [6.45, 7) is 1.06. The Hall–Kier alpha value is -4.19. The SMILES string of the molecule is O=C(N/N=C\c1ccc2c(c1)OCCO2)c1cc(-c2ccccc2)nc2ccccc12. The maximum Gasteiger partial charge on any atom is 0.272 e. The van der Waals surface area contributed by atoms with E-state index < -0.39 is 0 Å². The lowest BCUT2D eigenvalue weighted by Crippen LogP contribution is -2.18. The molecule has 0 saturated carbocycles. The first kappa shape index (κ1) is 18.8. The topological polar surface area (TPSA) is 72.8 Å². The second-order valence-electron chi connectivity index (χ2n) is 7.04. The van der Waals surface area contributed by atoms with Gasteiger partial charge in [0.15, 0.2) is 11.5 Å². The summed E-state index contributed by atoms with van der Waals surface area (Å²) < 4.78 is 11.1. The first-order valence-corrected chi connectivity index (χ1v) is 9.96. The summed E-state index contributed by atoms with van der Waals surface area (Å²) in [6.07, 6.45) is 1.58. The number of carbonyl (C=O) groups excluding carboxylic acids is 1. The monoisotopic (exact) mass is 409 g/mol. The van der Waals surface area contributed by atoms with E-state index in [9.17, 15) is 4.79 Å². The molecule has 5 rings (SSSR count). The van der Waals surface area contributed by atoms with Crippen LogP contribution in [0.15, 0.2) is 84.0 Å². The normalized spacial score (nSPS) is 12.8. The van der Waals surface area contributed by atoms with Gasteiger partial charge in [-0.15, -0.1) is 0 Å². The van der Waals surface area contributed by atoms with Crippen LogP contribution in [0.25, 0.3) is 22.2 Å². The fraction of sp³-hybridized carbons (Fsp3) is 0.0800. The van der Waals surface area contributed by atoms with Crippen molar-refractivity contribution in [3.05, 3.63) is 90.0 Å². The number of benzene rings is 3. The highest BCUT2D eigenvalue weighted by Crippen LogP contribution is 2.30. The van der Waals surface area contributed by atoms with Crippen LogP contribution in [0.5, 0.6) is 11.5 Å². The maximum atomic E-state index is 13.0. The lowest BCUT2D eigenvalue weighted by Gasteiger charge is -2.18. The van der Waals surface area contributed by atoms with Gasteiger partial charge in [0.05, 0.1) is 23.0 Å². The molecule has 0 radical (unpaired) electrons. The van der Waals surface area contributed by atoms with Crippen LogP contribution in [0.4, 0.5) is 0 Å². The summed E-state index contributed by atoms with van der Waals surface area (Å²) in [5.41, 5.74) is 6.38. The fourth-order valence-electron chi connectivity index (χ4n) is 3.49. The number of fused-ring (bicyclic) bond motifs is 2. The molecule has 1 aliphatic rings. The van der Waals surface area contributed by atoms with Crippen LogP contribution in [-0.2, 0) is 0 Å². The Morgan fingerprint density at radius 3 is 2.55 bits per heavy atom. The second-order valence-corrected chi connectivity index (χ2v) is 7.04. The number of carbonyl (C=O) groups is 1. The summed E-state index contributed by atoms with van der Waals surface area (Å²) in [5.74, 6) is 1.09. The third-order valence-corrected chi connectivity index (χ3v) is 4.98. The number of nitrogens with one attached hydrogen (secondary N) is 1. The van der Waals surface area contributed by atoms with E-state index in [1.54, 1.807) is 12.3 Å². The van der Waals surface area contributed by atoms with Gasteiger partial charge in [-0.3, -0.25) is 4.79 Å². The van der Waals surface area contributed by atoms with Gasteiger partial charge < -0.3 is 9.47 Å². The van der Waals surface area contributed by atoms with Gasteiger partial charge in [0.1, 0.15) is 13.2 Å². The molecule has 1 N–H and O–H groups in total. The van der Waals surface area contributed by atoms with E-state index in [1.807, 2.05) is 72.8 Å². The van der Waals surface area contributed by atoms with Gasteiger partial charge in [-0.25, -0.2) is 10.4 Å². The van der Waals surface area contributed by atoms with Gasteiger partial charge in [0, 0.05) is 10.9 Å². The number of hydrogen-bond donors (Lipinski definition) is 1. The van der Waals surface area contributed by atoms with Gasteiger partial charge >= 0.3 is 0 Å². The third kappa shape index (κ3) is 3.96. The average molecular weight is 409 g/mol. The Kier molecular flexibility index (Phi) is 5.02. The van der Waals surface area contributed by atoms with E-state index in [0.29, 0.717) is 30.3 Å². The van der Waals surface area contributed by atoms with Crippen LogP contribution in [0.3, 0.4) is 0 Å². The molecule has 1 aliphatic heterocycles. The van der Waals surface area contributed by atoms with Crippen LogP contribution < -0.4 is 14.9 Å². The van der Waals surface area contributed by atoms with Crippen molar-refractivity contribution in [1.82, 2.24) is 10.4 Å². The minimum Gasteiger partial charge on any atom is -0.486 e. The predicted molar refractivity (Wildman–Crippen MR) is 120 cm³/mol. The Morgan fingerprint density at radius 1 is 0.903 bits per heavy atom. The lowest BCUT2D eigenvalue weighted by atomic mass is 10.0. The van der Waals surface area contributed by atoms with E-state index in [4.69, 9.17) is 14.5 Å². The fourth-order valence-corrected chi connectivity index (χ4v) is 3.49. The number of amides is 1. The maximum absolute atomic E-state index is 13.0. The molecule has 0 bridgehead atoms. The van der Waals surface area contributed by atoms with Crippen LogP contribution in [0.1, 0.15) is 15.9 Å². The summed E-state index contributed by atoms with van der Waals surface area (Å²) >= 11 is 0. The number of para-hydroxylation sites is 1. The van der Waals surface area contributed by atoms with E-state index >= 15 is 0 Å². The van der Waals surface area contributed by atoms with Gasteiger partial charge in [-0.1, -0.05) is 48.5 Å². The molecular weight excluding hydrogens is 390 g/mol. The van der Waals surface area contributed by atoms with Crippen molar-refractivity contribution in [2.75, 3.05) is 13.2 Å². The van der Waals surface area contributed by atoms with Crippen LogP contribution >= 0.6 is 0 Å². The van der Waals surface area contributed by atoms with Gasteiger partial charge in [0.2, 0.25) is 0 Å². The Balaban J connectivity index is 1.42. The largest absolute Gasteiger partial charge is 0.486 e. The van der Waals surface area contributed by atoms with Crippen molar-refractivity contribution >= 4 is 23.0 Å². The van der Waals surface area contributed by atoms with Crippen molar-refractivity contribution in [3.63, 3.8) is 0 Å². The molecule has 31 heavy (non-hydrogen) atoms. The Bertz CT molecular complexity index is 1290. The highest BCUT2D eigenvalue weighted by atomic mass is 16.6. The smallest absolute Gasteiger partial charge is 0.272 e. The minimum atomic E-state index is -0.301. The zero-order chi connectivity index (χ0) is 21.0. The third-order valence-electron chi connectivity index (χ3n) is 4.98. The summed E-state index contributed by atoms with van der Waals surface area (Å²) in [4.78, 5) is 17.7. The molecule has 4 aromatic rings.